The molecular weight excluding hydrogens is 717 g/mol. The molecule has 0 bridgehead atoms. The fraction of sp³-hybridized carbons (Fsp3) is 0.324. The van der Waals surface area contributed by atoms with Gasteiger partial charge in [0.2, 0.25) is 0 Å². The topological polar surface area (TPSA) is 206 Å². The first kappa shape index (κ1) is 44.6. The average Bonchev–Trinajstić information content (AvgIpc) is 4.02. The van der Waals surface area contributed by atoms with E-state index in [-0.39, 0.29) is 65.8 Å². The van der Waals surface area contributed by atoms with Crippen LogP contribution in [0.1, 0.15) is 72.2 Å². The van der Waals surface area contributed by atoms with Crippen LogP contribution in [-0.4, -0.2) is 53.6 Å². The molecule has 0 unspecified atom stereocenters. The Bertz CT molecular complexity index is 1870. The Labute approximate surface area is 306 Å². The molecule has 0 radical (unpaired) electrons. The summed E-state index contributed by atoms with van der Waals surface area (Å²) in [6.45, 7) is 5.98. The highest BCUT2D eigenvalue weighted by atomic mass is 32.1. The summed E-state index contributed by atoms with van der Waals surface area (Å²) in [5.41, 5.74) is 7.14. The Hall–Kier alpha value is -5.41. The number of hydrogen-bond donors (Lipinski definition) is 0. The standard InChI is InChI=1S/C17H14O.C11H14O5.C9H10O3.2O2S/c18-17-15(11-13-7-3-1-4-8-13)16(17)12-14-9-5-2-6-10-14;1-7(12)15-5-3-9-10(11(9)14)4-6-16-8(2)13;1-5(10)3-7-8(9(7)12)4-6(2)11;2*1-3-2/h1-10H,11-12H2;3-6H2,1-2H3;3-4H2,1-2H3;;. The van der Waals surface area contributed by atoms with E-state index in [1.807, 2.05) is 36.4 Å². The van der Waals surface area contributed by atoms with Gasteiger partial charge >= 0.3 is 35.1 Å². The Balaban J connectivity index is 0.000000368. The Morgan fingerprint density at radius 1 is 0.481 bits per heavy atom. The van der Waals surface area contributed by atoms with Gasteiger partial charge in [-0.15, -0.1) is 0 Å². The van der Waals surface area contributed by atoms with Gasteiger partial charge in [0.1, 0.15) is 11.6 Å². The fourth-order valence-electron chi connectivity index (χ4n) is 4.71. The van der Waals surface area contributed by atoms with Gasteiger partial charge in [0, 0.05) is 85.8 Å². The van der Waals surface area contributed by atoms with Crippen molar-refractivity contribution in [1.29, 1.82) is 0 Å². The summed E-state index contributed by atoms with van der Waals surface area (Å²) < 4.78 is 42.6. The molecule has 0 aliphatic heterocycles. The summed E-state index contributed by atoms with van der Waals surface area (Å²) >= 11 is -1.50. The molecule has 0 aliphatic carbocycles. The SMILES string of the molecule is CC(=O)Cc1c(CC(C)=O)c1=O.CC(=O)OCCc1c(CCOC(C)=O)c1=O.O=S=O.O=S=O.O=c1c(Cc2ccccc2)c1Cc1ccccc1. The van der Waals surface area contributed by atoms with E-state index < -0.39 is 23.1 Å². The lowest BCUT2D eigenvalue weighted by Gasteiger charge is -1.98. The zero-order chi connectivity index (χ0) is 39.2. The highest BCUT2D eigenvalue weighted by Gasteiger charge is 2.24. The molecular formula is C37H38O13S2. The molecule has 5 aromatic rings. The number of ether oxygens (including phenoxy) is 2. The first-order chi connectivity index (χ1) is 24.7. The lowest BCUT2D eigenvalue weighted by molar-refractivity contribution is -0.141. The van der Waals surface area contributed by atoms with Crippen molar-refractivity contribution in [2.75, 3.05) is 13.2 Å². The third-order valence-corrected chi connectivity index (χ3v) is 7.16. The number of benzene rings is 2. The summed E-state index contributed by atoms with van der Waals surface area (Å²) in [4.78, 5) is 76.0. The van der Waals surface area contributed by atoms with Crippen molar-refractivity contribution in [2.45, 2.75) is 66.2 Å². The van der Waals surface area contributed by atoms with Crippen LogP contribution in [0.2, 0.25) is 0 Å². The first-order valence-corrected chi connectivity index (χ1v) is 17.0. The summed E-state index contributed by atoms with van der Waals surface area (Å²) in [5, 5.41) is 0. The Morgan fingerprint density at radius 3 is 1.06 bits per heavy atom. The van der Waals surface area contributed by atoms with Crippen LogP contribution in [-0.2, 0) is 90.3 Å². The summed E-state index contributed by atoms with van der Waals surface area (Å²) in [6, 6.07) is 20.3. The lowest BCUT2D eigenvalue weighted by atomic mass is 10.1. The van der Waals surface area contributed by atoms with Gasteiger partial charge in [0.15, 0.2) is 16.3 Å². The maximum atomic E-state index is 11.8. The van der Waals surface area contributed by atoms with Gasteiger partial charge in [-0.2, -0.15) is 16.8 Å². The van der Waals surface area contributed by atoms with E-state index >= 15 is 0 Å². The maximum Gasteiger partial charge on any atom is 0.335 e. The zero-order valence-corrected chi connectivity index (χ0v) is 30.7. The van der Waals surface area contributed by atoms with Crippen molar-refractivity contribution in [2.24, 2.45) is 0 Å². The third kappa shape index (κ3) is 18.0. The van der Waals surface area contributed by atoms with E-state index in [9.17, 15) is 33.6 Å². The van der Waals surface area contributed by atoms with Crippen molar-refractivity contribution in [3.63, 3.8) is 0 Å². The second kappa shape index (κ2) is 23.9. The number of esters is 2. The van der Waals surface area contributed by atoms with Crippen molar-refractivity contribution in [1.82, 2.24) is 0 Å². The molecule has 0 aromatic heterocycles. The van der Waals surface area contributed by atoms with E-state index in [4.69, 9.17) is 26.3 Å². The highest BCUT2D eigenvalue weighted by Crippen LogP contribution is 2.19. The van der Waals surface area contributed by atoms with Gasteiger partial charge in [-0.3, -0.25) is 33.6 Å². The first-order valence-electron chi connectivity index (χ1n) is 15.7. The summed E-state index contributed by atoms with van der Waals surface area (Å²) in [7, 11) is 0. The van der Waals surface area contributed by atoms with E-state index in [0.717, 1.165) is 24.0 Å². The van der Waals surface area contributed by atoms with Crippen LogP contribution >= 0.6 is 0 Å². The quantitative estimate of drug-likeness (QED) is 0.149. The molecule has 15 heteroatoms. The van der Waals surface area contributed by atoms with Gasteiger partial charge in [-0.25, -0.2) is 0 Å². The minimum atomic E-state index is -0.750. The second-order valence-corrected chi connectivity index (χ2v) is 11.5. The molecule has 52 heavy (non-hydrogen) atoms. The molecule has 0 N–H and O–H groups in total. The van der Waals surface area contributed by atoms with Crippen LogP contribution in [0.3, 0.4) is 0 Å². The van der Waals surface area contributed by atoms with Crippen molar-refractivity contribution >= 4 is 46.6 Å². The molecule has 5 aromatic carbocycles. The van der Waals surface area contributed by atoms with E-state index in [1.165, 1.54) is 38.8 Å². The molecule has 13 nitrogen and oxygen atoms in total. The smallest absolute Gasteiger partial charge is 0.335 e. The normalized spacial score (nSPS) is 9.85. The van der Waals surface area contributed by atoms with Crippen molar-refractivity contribution in [3.05, 3.63) is 136 Å². The molecule has 276 valence electrons. The number of carbonyl (C=O) groups is 4. The number of ketones is 2. The Kier molecular flexibility index (Phi) is 20.5. The van der Waals surface area contributed by atoms with Crippen LogP contribution < -0.4 is 16.3 Å². The fourth-order valence-corrected chi connectivity index (χ4v) is 4.71. The molecule has 0 saturated heterocycles. The minimum Gasteiger partial charge on any atom is -0.466 e. The third-order valence-electron chi connectivity index (χ3n) is 7.16. The van der Waals surface area contributed by atoms with Crippen molar-refractivity contribution in [3.8, 4) is 0 Å². The van der Waals surface area contributed by atoms with Gasteiger partial charge in [0.25, 0.3) is 0 Å². The highest BCUT2D eigenvalue weighted by molar-refractivity contribution is 7.51. The van der Waals surface area contributed by atoms with E-state index in [0.29, 0.717) is 35.1 Å². The maximum absolute atomic E-state index is 11.8. The van der Waals surface area contributed by atoms with Crippen molar-refractivity contribution < 1.29 is 45.5 Å². The monoisotopic (exact) mass is 754 g/mol. The molecule has 0 saturated carbocycles. The van der Waals surface area contributed by atoms with Gasteiger partial charge in [-0.05, 0) is 25.0 Å². The van der Waals surface area contributed by atoms with Crippen LogP contribution in [0.5, 0.6) is 0 Å². The molecule has 0 atom stereocenters. The van der Waals surface area contributed by atoms with Gasteiger partial charge in [0.05, 0.1) is 13.2 Å². The molecule has 0 fully saturated rings. The summed E-state index contributed by atoms with van der Waals surface area (Å²) in [6.07, 6.45) is 2.86. The molecule has 0 heterocycles. The second-order valence-electron chi connectivity index (χ2n) is 11.3. The predicted molar refractivity (Wildman–Crippen MR) is 191 cm³/mol. The molecule has 5 rings (SSSR count). The molecule has 0 aliphatic rings. The van der Waals surface area contributed by atoms with Crippen LogP contribution in [0.4, 0.5) is 0 Å². The largest absolute Gasteiger partial charge is 0.466 e. The molecule has 0 spiro atoms. The molecule has 0 amide bonds. The van der Waals surface area contributed by atoms with Crippen LogP contribution in [0.15, 0.2) is 75.0 Å². The van der Waals surface area contributed by atoms with Crippen LogP contribution in [0, 0.1) is 0 Å². The number of carbonyl (C=O) groups excluding carboxylic acids is 4. The zero-order valence-electron chi connectivity index (χ0n) is 29.1. The lowest BCUT2D eigenvalue weighted by Crippen LogP contribution is -2.03. The average molecular weight is 755 g/mol. The van der Waals surface area contributed by atoms with E-state index in [1.54, 1.807) is 0 Å². The number of Topliss-reactive ketones (excluding diaryl/α,β-unsaturated/α-hetero) is 2. The Morgan fingerprint density at radius 2 is 0.769 bits per heavy atom. The van der Waals surface area contributed by atoms with Crippen LogP contribution in [0.25, 0.3) is 0 Å². The number of rotatable bonds is 14. The van der Waals surface area contributed by atoms with E-state index in [2.05, 4.69) is 24.3 Å². The minimum absolute atomic E-state index is 0.0132. The number of hydrogen-bond acceptors (Lipinski definition) is 13. The van der Waals surface area contributed by atoms with Gasteiger partial charge < -0.3 is 9.47 Å². The van der Waals surface area contributed by atoms with Gasteiger partial charge in [-0.1, -0.05) is 60.7 Å². The summed E-state index contributed by atoms with van der Waals surface area (Å²) in [5.74, 6) is -0.765. The predicted octanol–water partition coefficient (Wildman–Crippen LogP) is 2.08.